The summed E-state index contributed by atoms with van der Waals surface area (Å²) in [5, 5.41) is 2.96. The Kier molecular flexibility index (Phi) is 4.63. The summed E-state index contributed by atoms with van der Waals surface area (Å²) < 4.78 is 0. The third kappa shape index (κ3) is 4.22. The largest absolute Gasteiger partial charge is 0.357 e. The van der Waals surface area contributed by atoms with Crippen LogP contribution in [0.4, 0.5) is 5.82 Å². The fourth-order valence-corrected chi connectivity index (χ4v) is 2.43. The number of nitrogens with zero attached hydrogens (tertiary/aromatic N) is 2. The van der Waals surface area contributed by atoms with Crippen LogP contribution in [0.15, 0.2) is 18.2 Å². The monoisotopic (exact) mass is 275 g/mol. The van der Waals surface area contributed by atoms with Crippen LogP contribution in [-0.2, 0) is 0 Å². The molecule has 110 valence electrons. The van der Waals surface area contributed by atoms with E-state index < -0.39 is 0 Å². The molecule has 1 saturated heterocycles. The molecule has 2 heterocycles. The molecule has 1 aromatic rings. The Morgan fingerprint density at radius 2 is 1.80 bits per heavy atom. The first-order chi connectivity index (χ1) is 9.46. The minimum atomic E-state index is -0.239. The van der Waals surface area contributed by atoms with Crippen molar-refractivity contribution in [2.75, 3.05) is 18.0 Å². The standard InChI is InChI=1S/C16H25N3O/c1-16(2,3)18-15(20)13-9-8-10-14(17-13)19-11-6-4-5-7-12-19/h8-10H,4-7,11-12H2,1-3H3,(H,18,20). The average Bonchev–Trinajstić information content (AvgIpc) is 2.66. The lowest BCUT2D eigenvalue weighted by molar-refractivity contribution is 0.0914. The Morgan fingerprint density at radius 1 is 1.15 bits per heavy atom. The molecule has 0 atom stereocenters. The van der Waals surface area contributed by atoms with Crippen LogP contribution in [0, 0.1) is 0 Å². The van der Waals surface area contributed by atoms with E-state index in [2.05, 4.69) is 15.2 Å². The molecular formula is C16H25N3O. The summed E-state index contributed by atoms with van der Waals surface area (Å²) in [7, 11) is 0. The molecule has 20 heavy (non-hydrogen) atoms. The van der Waals surface area contributed by atoms with Gasteiger partial charge in [0.15, 0.2) is 0 Å². The summed E-state index contributed by atoms with van der Waals surface area (Å²) in [5.74, 6) is 0.822. The minimum absolute atomic E-state index is 0.103. The summed E-state index contributed by atoms with van der Waals surface area (Å²) in [4.78, 5) is 19.0. The zero-order chi connectivity index (χ0) is 14.6. The van der Waals surface area contributed by atoms with Gasteiger partial charge in [-0.15, -0.1) is 0 Å². The van der Waals surface area contributed by atoms with Gasteiger partial charge >= 0.3 is 0 Å². The molecule has 1 aliphatic rings. The van der Waals surface area contributed by atoms with E-state index in [9.17, 15) is 4.79 Å². The van der Waals surface area contributed by atoms with Crippen molar-refractivity contribution in [3.63, 3.8) is 0 Å². The van der Waals surface area contributed by atoms with Gasteiger partial charge in [0.25, 0.3) is 5.91 Å². The van der Waals surface area contributed by atoms with Gasteiger partial charge in [-0.3, -0.25) is 4.79 Å². The van der Waals surface area contributed by atoms with Crippen molar-refractivity contribution in [2.45, 2.75) is 52.0 Å². The van der Waals surface area contributed by atoms with Crippen LogP contribution in [0.5, 0.6) is 0 Å². The molecule has 0 saturated carbocycles. The molecule has 0 unspecified atom stereocenters. The molecule has 0 spiro atoms. The zero-order valence-electron chi connectivity index (χ0n) is 12.8. The van der Waals surface area contributed by atoms with Crippen LogP contribution in [0.1, 0.15) is 56.9 Å². The van der Waals surface area contributed by atoms with E-state index in [0.717, 1.165) is 18.9 Å². The van der Waals surface area contributed by atoms with Gasteiger partial charge in [-0.1, -0.05) is 18.9 Å². The molecule has 4 nitrogen and oxygen atoms in total. The molecule has 4 heteroatoms. The average molecular weight is 275 g/mol. The highest BCUT2D eigenvalue weighted by Crippen LogP contribution is 2.17. The number of rotatable bonds is 2. The molecule has 1 fully saturated rings. The number of hydrogen-bond donors (Lipinski definition) is 1. The second kappa shape index (κ2) is 6.25. The second-order valence-electron chi connectivity index (χ2n) is 6.49. The number of carbonyl (C=O) groups is 1. The third-order valence-corrected chi connectivity index (χ3v) is 3.39. The Balaban J connectivity index is 2.12. The zero-order valence-corrected chi connectivity index (χ0v) is 12.8. The Bertz CT molecular complexity index is 457. The third-order valence-electron chi connectivity index (χ3n) is 3.39. The van der Waals surface area contributed by atoms with E-state index in [1.54, 1.807) is 6.07 Å². The van der Waals surface area contributed by atoms with Gasteiger partial charge in [0.2, 0.25) is 0 Å². The molecule has 0 radical (unpaired) electrons. The number of carbonyl (C=O) groups excluding carboxylic acids is 1. The van der Waals surface area contributed by atoms with Crippen molar-refractivity contribution < 1.29 is 4.79 Å². The maximum Gasteiger partial charge on any atom is 0.270 e. The van der Waals surface area contributed by atoms with E-state index in [-0.39, 0.29) is 11.4 Å². The van der Waals surface area contributed by atoms with Crippen molar-refractivity contribution in [3.05, 3.63) is 23.9 Å². The Labute approximate surface area is 121 Å². The lowest BCUT2D eigenvalue weighted by atomic mass is 10.1. The topological polar surface area (TPSA) is 45.2 Å². The van der Waals surface area contributed by atoms with Crippen LogP contribution in [-0.4, -0.2) is 29.5 Å². The van der Waals surface area contributed by atoms with Gasteiger partial charge in [0, 0.05) is 18.6 Å². The van der Waals surface area contributed by atoms with Crippen molar-refractivity contribution in [1.82, 2.24) is 10.3 Å². The van der Waals surface area contributed by atoms with Gasteiger partial charge in [0.1, 0.15) is 11.5 Å². The van der Waals surface area contributed by atoms with Crippen molar-refractivity contribution in [1.29, 1.82) is 0 Å². The van der Waals surface area contributed by atoms with Crippen LogP contribution in [0.25, 0.3) is 0 Å². The first kappa shape index (κ1) is 14.8. The van der Waals surface area contributed by atoms with Crippen LogP contribution in [0.3, 0.4) is 0 Å². The van der Waals surface area contributed by atoms with Gasteiger partial charge < -0.3 is 10.2 Å². The molecule has 1 aliphatic heterocycles. The summed E-state index contributed by atoms with van der Waals surface area (Å²) >= 11 is 0. The van der Waals surface area contributed by atoms with E-state index in [1.807, 2.05) is 32.9 Å². The fourth-order valence-electron chi connectivity index (χ4n) is 2.43. The lowest BCUT2D eigenvalue weighted by Crippen LogP contribution is -2.41. The van der Waals surface area contributed by atoms with Crippen molar-refractivity contribution >= 4 is 11.7 Å². The van der Waals surface area contributed by atoms with Gasteiger partial charge in [-0.25, -0.2) is 4.98 Å². The SMILES string of the molecule is CC(C)(C)NC(=O)c1cccc(N2CCCCCC2)n1. The summed E-state index contributed by atoms with van der Waals surface area (Å²) in [5.41, 5.74) is 0.263. The van der Waals surface area contributed by atoms with E-state index >= 15 is 0 Å². The van der Waals surface area contributed by atoms with Gasteiger partial charge in [0.05, 0.1) is 0 Å². The lowest BCUT2D eigenvalue weighted by Gasteiger charge is -2.23. The van der Waals surface area contributed by atoms with Crippen LogP contribution in [0.2, 0.25) is 0 Å². The van der Waals surface area contributed by atoms with Gasteiger partial charge in [-0.05, 0) is 45.7 Å². The summed E-state index contributed by atoms with van der Waals surface area (Å²) in [6.45, 7) is 8.01. The number of aromatic nitrogens is 1. The Morgan fingerprint density at radius 3 is 2.40 bits per heavy atom. The van der Waals surface area contributed by atoms with E-state index in [0.29, 0.717) is 5.69 Å². The predicted molar refractivity (Wildman–Crippen MR) is 82.1 cm³/mol. The molecule has 1 N–H and O–H groups in total. The molecule has 0 aromatic carbocycles. The van der Waals surface area contributed by atoms with Crippen molar-refractivity contribution in [3.8, 4) is 0 Å². The van der Waals surface area contributed by atoms with Crippen LogP contribution < -0.4 is 10.2 Å². The number of nitrogens with one attached hydrogen (secondary N) is 1. The second-order valence-corrected chi connectivity index (χ2v) is 6.49. The quantitative estimate of drug-likeness (QED) is 0.902. The number of anilines is 1. The number of hydrogen-bond acceptors (Lipinski definition) is 3. The normalized spacial score (nSPS) is 16.6. The summed E-state index contributed by atoms with van der Waals surface area (Å²) in [6.07, 6.45) is 5.00. The maximum absolute atomic E-state index is 12.2. The highest BCUT2D eigenvalue weighted by atomic mass is 16.2. The molecule has 1 amide bonds. The molecule has 1 aromatic heterocycles. The highest BCUT2D eigenvalue weighted by Gasteiger charge is 2.18. The maximum atomic E-state index is 12.2. The first-order valence-corrected chi connectivity index (χ1v) is 7.50. The highest BCUT2D eigenvalue weighted by molar-refractivity contribution is 5.93. The number of pyridine rings is 1. The Hall–Kier alpha value is -1.58. The molecule has 0 aliphatic carbocycles. The molecule has 2 rings (SSSR count). The fraction of sp³-hybridized carbons (Fsp3) is 0.625. The predicted octanol–water partition coefficient (Wildman–Crippen LogP) is 2.99. The minimum Gasteiger partial charge on any atom is -0.357 e. The van der Waals surface area contributed by atoms with E-state index in [1.165, 1.54) is 25.7 Å². The number of amides is 1. The first-order valence-electron chi connectivity index (χ1n) is 7.50. The smallest absolute Gasteiger partial charge is 0.270 e. The van der Waals surface area contributed by atoms with Gasteiger partial charge in [-0.2, -0.15) is 0 Å². The van der Waals surface area contributed by atoms with E-state index in [4.69, 9.17) is 0 Å². The molecular weight excluding hydrogens is 250 g/mol. The summed E-state index contributed by atoms with van der Waals surface area (Å²) in [6, 6.07) is 5.70. The molecule has 0 bridgehead atoms. The van der Waals surface area contributed by atoms with Crippen molar-refractivity contribution in [2.24, 2.45) is 0 Å². The van der Waals surface area contributed by atoms with Crippen LogP contribution >= 0.6 is 0 Å².